The van der Waals surface area contributed by atoms with Crippen molar-refractivity contribution in [1.82, 2.24) is 0 Å². The van der Waals surface area contributed by atoms with E-state index in [0.29, 0.717) is 0 Å². The number of hydrogen-bond donors (Lipinski definition) is 0. The predicted octanol–water partition coefficient (Wildman–Crippen LogP) is -2.46. The molecule has 0 heterocycles. The number of halogens is 2. The third-order valence-corrected chi connectivity index (χ3v) is 0. The Kier molecular flexibility index (Phi) is 17200. The van der Waals surface area contributed by atoms with Gasteiger partial charge in [-0.2, -0.15) is 0 Å². The molecule has 0 rings (SSSR count). The molecule has 0 fully saturated rings. The third kappa shape index (κ3) is 192. The Morgan fingerprint density at radius 2 is 0.429 bits per heavy atom. The topological polar surface area (TPSA) is 126 Å². The van der Waals surface area contributed by atoms with Gasteiger partial charge < -0.3 is 21.9 Å². The van der Waals surface area contributed by atoms with E-state index in [0.717, 1.165) is 0 Å². The zero-order valence-electron chi connectivity index (χ0n) is 3.17. The second kappa shape index (κ2) is 277. The van der Waals surface area contributed by atoms with Crippen molar-refractivity contribution in [2.75, 3.05) is 0 Å². The SMILES string of the molecule is Cl.Cl.O.O.O.O.[Fe]. The van der Waals surface area contributed by atoms with Crippen molar-refractivity contribution < 1.29 is 39.0 Å². The van der Waals surface area contributed by atoms with E-state index in [9.17, 15) is 0 Å². The zero-order chi connectivity index (χ0) is 0. The molecule has 0 aromatic heterocycles. The Labute approximate surface area is 64.2 Å². The van der Waals surface area contributed by atoms with Gasteiger partial charge in [-0.05, 0) is 0 Å². The van der Waals surface area contributed by atoms with E-state index in [1.807, 2.05) is 0 Å². The first-order valence-electron chi connectivity index (χ1n) is 0. The normalized spacial score (nSPS) is 0. The summed E-state index contributed by atoms with van der Waals surface area (Å²) >= 11 is 0. The molecule has 0 atom stereocenters. The van der Waals surface area contributed by atoms with Crippen molar-refractivity contribution in [2.45, 2.75) is 0 Å². The van der Waals surface area contributed by atoms with Crippen molar-refractivity contribution in [2.24, 2.45) is 0 Å². The molecule has 0 spiro atoms. The van der Waals surface area contributed by atoms with Gasteiger partial charge in [-0.3, -0.25) is 0 Å². The molecule has 56 valence electrons. The van der Waals surface area contributed by atoms with E-state index in [1.165, 1.54) is 0 Å². The van der Waals surface area contributed by atoms with Crippen molar-refractivity contribution in [3.05, 3.63) is 0 Å². The van der Waals surface area contributed by atoms with Crippen LogP contribution in [0.5, 0.6) is 0 Å². The quantitative estimate of drug-likeness (QED) is 0.385. The standard InChI is InChI=1S/2ClH.Fe.4H2O/h2*1H;;4*1H2. The Morgan fingerprint density at radius 1 is 0.429 bits per heavy atom. The van der Waals surface area contributed by atoms with Crippen LogP contribution in [0, 0.1) is 0 Å². The second-order valence-corrected chi connectivity index (χ2v) is 0. The molecule has 7 heteroatoms. The van der Waals surface area contributed by atoms with Crippen LogP contribution in [0.1, 0.15) is 0 Å². The van der Waals surface area contributed by atoms with Crippen LogP contribution in [0.2, 0.25) is 0 Å². The molecule has 0 aromatic rings. The van der Waals surface area contributed by atoms with E-state index >= 15 is 0 Å². The van der Waals surface area contributed by atoms with Gasteiger partial charge in [0.2, 0.25) is 0 Å². The van der Waals surface area contributed by atoms with Crippen LogP contribution < -0.4 is 0 Å². The van der Waals surface area contributed by atoms with Gasteiger partial charge >= 0.3 is 0 Å². The summed E-state index contributed by atoms with van der Waals surface area (Å²) in [4.78, 5) is 0. The monoisotopic (exact) mass is 200 g/mol. The summed E-state index contributed by atoms with van der Waals surface area (Å²) in [5.74, 6) is 0. The predicted molar refractivity (Wildman–Crippen MR) is 29.0 cm³/mol. The number of hydrogen-bond acceptors (Lipinski definition) is 0. The van der Waals surface area contributed by atoms with Gasteiger partial charge in [0.25, 0.3) is 0 Å². The van der Waals surface area contributed by atoms with Crippen LogP contribution >= 0.6 is 24.8 Å². The molecular weight excluding hydrogens is 191 g/mol. The van der Waals surface area contributed by atoms with Crippen LogP contribution in [0.25, 0.3) is 0 Å². The maximum absolute atomic E-state index is 0. The minimum Gasteiger partial charge on any atom is -0.412 e. The Morgan fingerprint density at radius 3 is 0.429 bits per heavy atom. The van der Waals surface area contributed by atoms with E-state index in [4.69, 9.17) is 0 Å². The third-order valence-electron chi connectivity index (χ3n) is 0. The van der Waals surface area contributed by atoms with Crippen LogP contribution in [-0.2, 0) is 17.1 Å². The fraction of sp³-hybridized carbons (Fsp3) is 0. The van der Waals surface area contributed by atoms with Gasteiger partial charge in [0.05, 0.1) is 0 Å². The Balaban J connectivity index is 0. The van der Waals surface area contributed by atoms with Gasteiger partial charge in [-0.25, -0.2) is 0 Å². The molecule has 0 amide bonds. The van der Waals surface area contributed by atoms with E-state index < -0.39 is 0 Å². The largest absolute Gasteiger partial charge is 0.412 e. The van der Waals surface area contributed by atoms with Gasteiger partial charge in [0.1, 0.15) is 0 Å². The van der Waals surface area contributed by atoms with Gasteiger partial charge in [0.15, 0.2) is 0 Å². The summed E-state index contributed by atoms with van der Waals surface area (Å²) in [5, 5.41) is 0. The van der Waals surface area contributed by atoms with E-state index in [-0.39, 0.29) is 63.8 Å². The van der Waals surface area contributed by atoms with Crippen LogP contribution in [0.4, 0.5) is 0 Å². The molecule has 0 radical (unpaired) electrons. The summed E-state index contributed by atoms with van der Waals surface area (Å²) in [7, 11) is 0. The summed E-state index contributed by atoms with van der Waals surface area (Å²) < 4.78 is 0. The second-order valence-electron chi connectivity index (χ2n) is 0. The number of rotatable bonds is 0. The van der Waals surface area contributed by atoms with E-state index in [2.05, 4.69) is 0 Å². The van der Waals surface area contributed by atoms with Gasteiger partial charge in [0, 0.05) is 17.1 Å². The fourth-order valence-electron chi connectivity index (χ4n) is 0. The molecule has 0 saturated carbocycles. The molecule has 0 saturated heterocycles. The molecule has 0 aromatic carbocycles. The summed E-state index contributed by atoms with van der Waals surface area (Å²) in [6, 6.07) is 0. The molecule has 0 unspecified atom stereocenters. The van der Waals surface area contributed by atoms with Crippen molar-refractivity contribution in [3.8, 4) is 0 Å². The van der Waals surface area contributed by atoms with Crippen LogP contribution in [0.15, 0.2) is 0 Å². The first kappa shape index (κ1) is 433. The van der Waals surface area contributed by atoms with Crippen LogP contribution in [0.3, 0.4) is 0 Å². The Hall–Kier alpha value is 0.939. The zero-order valence-corrected chi connectivity index (χ0v) is 5.91. The van der Waals surface area contributed by atoms with Crippen molar-refractivity contribution in [1.29, 1.82) is 0 Å². The summed E-state index contributed by atoms with van der Waals surface area (Å²) in [5.41, 5.74) is 0. The first-order chi connectivity index (χ1) is 0. The first-order valence-corrected chi connectivity index (χ1v) is 0. The van der Waals surface area contributed by atoms with E-state index in [1.54, 1.807) is 0 Å². The maximum Gasteiger partial charge on any atom is 0 e. The minimum atomic E-state index is 0. The minimum absolute atomic E-state index is 0. The van der Waals surface area contributed by atoms with Crippen molar-refractivity contribution >= 4 is 24.8 Å². The average Bonchev–Trinajstić information content (AvgIpc) is 0. The molecule has 0 aliphatic carbocycles. The molecular formula is H10Cl2FeO4. The summed E-state index contributed by atoms with van der Waals surface area (Å²) in [6.45, 7) is 0. The van der Waals surface area contributed by atoms with Gasteiger partial charge in [-0.1, -0.05) is 0 Å². The molecule has 8 N–H and O–H groups in total. The molecule has 4 nitrogen and oxygen atoms in total. The molecule has 0 bridgehead atoms. The Bertz CT molecular complexity index is 9.65. The summed E-state index contributed by atoms with van der Waals surface area (Å²) in [6.07, 6.45) is 0. The van der Waals surface area contributed by atoms with Crippen molar-refractivity contribution in [3.63, 3.8) is 0 Å². The molecule has 0 aliphatic heterocycles. The smallest absolute Gasteiger partial charge is 0 e. The maximum atomic E-state index is 0. The van der Waals surface area contributed by atoms with Crippen LogP contribution in [-0.4, -0.2) is 21.9 Å². The fourth-order valence-corrected chi connectivity index (χ4v) is 0. The molecule has 7 heavy (non-hydrogen) atoms. The van der Waals surface area contributed by atoms with Gasteiger partial charge in [-0.15, -0.1) is 24.8 Å². The molecule has 0 aliphatic rings. The average molecular weight is 201 g/mol.